The zero-order valence-electron chi connectivity index (χ0n) is 10.8. The van der Waals surface area contributed by atoms with Gasteiger partial charge in [0.2, 0.25) is 0 Å². The Bertz CT molecular complexity index is 667. The van der Waals surface area contributed by atoms with Crippen LogP contribution in [-0.2, 0) is 6.54 Å². The summed E-state index contributed by atoms with van der Waals surface area (Å²) in [6.45, 7) is 0.344. The Morgan fingerprint density at radius 2 is 2.10 bits per heavy atom. The maximum Gasteiger partial charge on any atom is 0.133 e. The van der Waals surface area contributed by atoms with Crippen LogP contribution in [0.5, 0.6) is 5.75 Å². The Labute approximate surface area is 125 Å². The lowest BCUT2D eigenvalue weighted by Crippen LogP contribution is -2.02. The molecule has 0 radical (unpaired) electrons. The molecule has 2 aromatic carbocycles. The first-order valence-corrected chi connectivity index (χ1v) is 6.69. The molecule has 0 fully saturated rings. The Balaban J connectivity index is 2.09. The van der Waals surface area contributed by atoms with Crippen molar-refractivity contribution in [3.63, 3.8) is 0 Å². The summed E-state index contributed by atoms with van der Waals surface area (Å²) in [5.41, 5.74) is 1.68. The van der Waals surface area contributed by atoms with Gasteiger partial charge in [-0.3, -0.25) is 0 Å². The second-order valence-corrected chi connectivity index (χ2v) is 4.98. The van der Waals surface area contributed by atoms with Crippen LogP contribution in [0.2, 0.25) is 0 Å². The molecule has 0 unspecified atom stereocenters. The van der Waals surface area contributed by atoms with Gasteiger partial charge in [0.15, 0.2) is 0 Å². The average Bonchev–Trinajstić information content (AvgIpc) is 2.46. The lowest BCUT2D eigenvalue weighted by molar-refractivity contribution is 0.412. The van der Waals surface area contributed by atoms with Crippen molar-refractivity contribution >= 4 is 21.6 Å². The number of rotatable bonds is 4. The van der Waals surface area contributed by atoms with E-state index in [4.69, 9.17) is 10.00 Å². The molecule has 0 atom stereocenters. The molecule has 1 N–H and O–H groups in total. The molecular formula is C15H12BrFN2O. The first-order valence-electron chi connectivity index (χ1n) is 5.90. The molecule has 2 rings (SSSR count). The van der Waals surface area contributed by atoms with Crippen LogP contribution in [0.3, 0.4) is 0 Å². The van der Waals surface area contributed by atoms with E-state index in [2.05, 4.69) is 21.2 Å². The van der Waals surface area contributed by atoms with Gasteiger partial charge < -0.3 is 10.1 Å². The van der Waals surface area contributed by atoms with Gasteiger partial charge in [-0.2, -0.15) is 5.26 Å². The van der Waals surface area contributed by atoms with Crippen LogP contribution >= 0.6 is 15.9 Å². The van der Waals surface area contributed by atoms with Crippen LogP contribution in [0.1, 0.15) is 11.1 Å². The number of anilines is 1. The van der Waals surface area contributed by atoms with Crippen LogP contribution in [0, 0.1) is 17.1 Å². The van der Waals surface area contributed by atoms with Gasteiger partial charge in [0, 0.05) is 17.8 Å². The van der Waals surface area contributed by atoms with E-state index in [1.807, 2.05) is 24.3 Å². The summed E-state index contributed by atoms with van der Waals surface area (Å²) in [7, 11) is 1.60. The van der Waals surface area contributed by atoms with Crippen molar-refractivity contribution in [1.29, 1.82) is 5.26 Å². The number of hydrogen-bond acceptors (Lipinski definition) is 3. The quantitative estimate of drug-likeness (QED) is 0.916. The van der Waals surface area contributed by atoms with E-state index in [9.17, 15) is 4.39 Å². The van der Waals surface area contributed by atoms with Crippen LogP contribution in [0.25, 0.3) is 0 Å². The van der Waals surface area contributed by atoms with E-state index >= 15 is 0 Å². The number of benzene rings is 2. The van der Waals surface area contributed by atoms with E-state index in [1.165, 1.54) is 6.07 Å². The molecule has 0 saturated carbocycles. The van der Waals surface area contributed by atoms with Crippen molar-refractivity contribution in [3.05, 3.63) is 57.8 Å². The molecular weight excluding hydrogens is 323 g/mol. The smallest absolute Gasteiger partial charge is 0.133 e. The SMILES string of the molecule is COc1ccc(NCc2ccc(C#N)cc2F)cc1Br. The van der Waals surface area contributed by atoms with Crippen molar-refractivity contribution < 1.29 is 9.13 Å². The van der Waals surface area contributed by atoms with Gasteiger partial charge in [-0.05, 0) is 46.3 Å². The zero-order valence-corrected chi connectivity index (χ0v) is 12.4. The molecule has 0 aliphatic rings. The fourth-order valence-corrected chi connectivity index (χ4v) is 2.27. The molecule has 2 aromatic rings. The number of methoxy groups -OCH3 is 1. The molecule has 0 aliphatic carbocycles. The highest BCUT2D eigenvalue weighted by Crippen LogP contribution is 2.28. The zero-order chi connectivity index (χ0) is 14.5. The second-order valence-electron chi connectivity index (χ2n) is 4.12. The minimum atomic E-state index is -0.385. The van der Waals surface area contributed by atoms with Crippen molar-refractivity contribution in [3.8, 4) is 11.8 Å². The fraction of sp³-hybridized carbons (Fsp3) is 0.133. The molecule has 0 bridgehead atoms. The Kier molecular flexibility index (Phi) is 4.59. The van der Waals surface area contributed by atoms with Gasteiger partial charge in [0.1, 0.15) is 11.6 Å². The van der Waals surface area contributed by atoms with E-state index in [0.717, 1.165) is 15.9 Å². The van der Waals surface area contributed by atoms with E-state index in [-0.39, 0.29) is 5.82 Å². The monoisotopic (exact) mass is 334 g/mol. The van der Waals surface area contributed by atoms with Crippen molar-refractivity contribution in [2.45, 2.75) is 6.54 Å². The second kappa shape index (κ2) is 6.40. The third-order valence-electron chi connectivity index (χ3n) is 2.82. The molecule has 0 aromatic heterocycles. The van der Waals surface area contributed by atoms with Gasteiger partial charge in [-0.15, -0.1) is 0 Å². The number of halogens is 2. The summed E-state index contributed by atoms with van der Waals surface area (Å²) in [5, 5.41) is 11.8. The largest absolute Gasteiger partial charge is 0.496 e. The molecule has 0 aliphatic heterocycles. The Morgan fingerprint density at radius 3 is 2.70 bits per heavy atom. The molecule has 3 nitrogen and oxygen atoms in total. The lowest BCUT2D eigenvalue weighted by atomic mass is 10.1. The maximum atomic E-state index is 13.7. The summed E-state index contributed by atoms with van der Waals surface area (Å²) in [6, 6.07) is 11.9. The van der Waals surface area contributed by atoms with Gasteiger partial charge in [0.05, 0.1) is 23.2 Å². The molecule has 0 saturated heterocycles. The Morgan fingerprint density at radius 1 is 1.30 bits per heavy atom. The number of nitrogens with one attached hydrogen (secondary N) is 1. The fourth-order valence-electron chi connectivity index (χ4n) is 1.73. The molecule has 0 spiro atoms. The third-order valence-corrected chi connectivity index (χ3v) is 3.44. The lowest BCUT2D eigenvalue weighted by Gasteiger charge is -2.10. The van der Waals surface area contributed by atoms with Crippen LogP contribution in [0.15, 0.2) is 40.9 Å². The van der Waals surface area contributed by atoms with Crippen LogP contribution in [-0.4, -0.2) is 7.11 Å². The maximum absolute atomic E-state index is 13.7. The molecule has 5 heteroatoms. The number of nitrogens with zero attached hydrogens (tertiary/aromatic N) is 1. The minimum Gasteiger partial charge on any atom is -0.496 e. The summed E-state index contributed by atoms with van der Waals surface area (Å²) in [4.78, 5) is 0. The molecule has 20 heavy (non-hydrogen) atoms. The van der Waals surface area contributed by atoms with Crippen molar-refractivity contribution in [2.75, 3.05) is 12.4 Å². The summed E-state index contributed by atoms with van der Waals surface area (Å²) < 4.78 is 19.7. The van der Waals surface area contributed by atoms with E-state index in [0.29, 0.717) is 17.7 Å². The molecule has 102 valence electrons. The van der Waals surface area contributed by atoms with E-state index in [1.54, 1.807) is 19.2 Å². The Hall–Kier alpha value is -2.06. The first-order chi connectivity index (χ1) is 9.63. The highest BCUT2D eigenvalue weighted by Gasteiger charge is 2.05. The van der Waals surface area contributed by atoms with Crippen molar-refractivity contribution in [1.82, 2.24) is 0 Å². The molecule has 0 amide bonds. The summed E-state index contributed by atoms with van der Waals surface area (Å²) in [6.07, 6.45) is 0. The predicted octanol–water partition coefficient (Wildman–Crippen LogP) is 4.08. The number of nitriles is 1. The van der Waals surface area contributed by atoms with Crippen LogP contribution in [0.4, 0.5) is 10.1 Å². The predicted molar refractivity (Wildman–Crippen MR) is 79.1 cm³/mol. The minimum absolute atomic E-state index is 0.318. The molecule has 0 heterocycles. The normalized spacial score (nSPS) is 9.90. The summed E-state index contributed by atoms with van der Waals surface area (Å²) >= 11 is 3.39. The average molecular weight is 335 g/mol. The van der Waals surface area contributed by atoms with E-state index < -0.39 is 0 Å². The highest BCUT2D eigenvalue weighted by molar-refractivity contribution is 9.10. The summed E-state index contributed by atoms with van der Waals surface area (Å²) in [5.74, 6) is 0.351. The van der Waals surface area contributed by atoms with Crippen molar-refractivity contribution in [2.24, 2.45) is 0 Å². The first kappa shape index (κ1) is 14.4. The standard InChI is InChI=1S/C15H12BrFN2O/c1-20-15-5-4-12(7-13(15)16)19-9-11-3-2-10(8-18)6-14(11)17/h2-7,19H,9H2,1H3. The topological polar surface area (TPSA) is 45.0 Å². The number of hydrogen-bond donors (Lipinski definition) is 1. The highest BCUT2D eigenvalue weighted by atomic mass is 79.9. The van der Waals surface area contributed by atoms with Gasteiger partial charge in [0.25, 0.3) is 0 Å². The van der Waals surface area contributed by atoms with Gasteiger partial charge in [-0.25, -0.2) is 4.39 Å². The van der Waals surface area contributed by atoms with Gasteiger partial charge >= 0.3 is 0 Å². The number of ether oxygens (including phenoxy) is 1. The van der Waals surface area contributed by atoms with Gasteiger partial charge in [-0.1, -0.05) is 6.07 Å². The van der Waals surface area contributed by atoms with Crippen LogP contribution < -0.4 is 10.1 Å². The third kappa shape index (κ3) is 3.28.